The van der Waals surface area contributed by atoms with Gasteiger partial charge in [0.05, 0.1) is 6.42 Å². The zero-order valence-electron chi connectivity index (χ0n) is 9.95. The second kappa shape index (κ2) is 5.95. The Kier molecular flexibility index (Phi) is 4.59. The van der Waals surface area contributed by atoms with Gasteiger partial charge in [-0.2, -0.15) is 0 Å². The summed E-state index contributed by atoms with van der Waals surface area (Å²) >= 11 is 0. The van der Waals surface area contributed by atoms with Crippen molar-refractivity contribution in [2.24, 2.45) is 0 Å². The van der Waals surface area contributed by atoms with Crippen molar-refractivity contribution >= 4 is 23.0 Å². The molecule has 0 saturated heterocycles. The Morgan fingerprint density at radius 1 is 1.35 bits per heavy atom. The number of nitrogens with two attached hydrogens (primary N) is 2. The second-order valence-corrected chi connectivity index (χ2v) is 3.48. The zero-order valence-corrected chi connectivity index (χ0v) is 9.95. The van der Waals surface area contributed by atoms with Gasteiger partial charge in [0.2, 0.25) is 0 Å². The van der Waals surface area contributed by atoms with E-state index in [4.69, 9.17) is 16.2 Å². The molecular weight excluding hydrogens is 222 g/mol. The lowest BCUT2D eigenvalue weighted by atomic mass is 10.1. The van der Waals surface area contributed by atoms with Crippen LogP contribution in [0.25, 0.3) is 0 Å². The number of methoxy groups -OCH3 is 1. The Hall–Kier alpha value is -1.95. The average Bonchev–Trinajstić information content (AvgIpc) is 2.30. The predicted octanol–water partition coefficient (Wildman–Crippen LogP) is 0.582. The normalized spacial score (nSPS) is 10.0. The molecule has 0 aliphatic heterocycles. The number of nitrogen functional groups attached to an aromatic ring is 2. The van der Waals surface area contributed by atoms with Gasteiger partial charge < -0.3 is 26.3 Å². The number of hydrogen-bond acceptors (Lipinski definition) is 6. The van der Waals surface area contributed by atoms with Crippen LogP contribution in [0.3, 0.4) is 0 Å². The molecule has 94 valence electrons. The molecule has 17 heavy (non-hydrogen) atoms. The predicted molar refractivity (Wildman–Crippen MR) is 66.5 cm³/mol. The highest BCUT2D eigenvalue weighted by molar-refractivity contribution is 5.80. The summed E-state index contributed by atoms with van der Waals surface area (Å²) in [6, 6.07) is 3.44. The van der Waals surface area contributed by atoms with Crippen molar-refractivity contribution < 1.29 is 14.3 Å². The molecule has 0 fully saturated rings. The molecule has 6 nitrogen and oxygen atoms in total. The Balaban J connectivity index is 2.80. The van der Waals surface area contributed by atoms with Crippen LogP contribution in [-0.2, 0) is 20.7 Å². The van der Waals surface area contributed by atoms with Gasteiger partial charge in [-0.25, -0.2) is 0 Å². The number of anilines is 3. The molecule has 1 aromatic rings. The average molecular weight is 239 g/mol. The van der Waals surface area contributed by atoms with E-state index in [2.05, 4.69) is 10.1 Å². The van der Waals surface area contributed by atoms with Crippen LogP contribution in [0.5, 0.6) is 0 Å². The van der Waals surface area contributed by atoms with Crippen molar-refractivity contribution in [3.8, 4) is 0 Å². The molecule has 0 aliphatic carbocycles. The molecule has 0 amide bonds. The number of carbonyl (C=O) groups is 1. The maximum Gasteiger partial charge on any atom is 0.312 e. The van der Waals surface area contributed by atoms with Gasteiger partial charge in [-0.3, -0.25) is 4.79 Å². The minimum atomic E-state index is -0.428. The van der Waals surface area contributed by atoms with Crippen LogP contribution in [0, 0.1) is 0 Å². The molecule has 0 saturated carbocycles. The fourth-order valence-corrected chi connectivity index (χ4v) is 1.39. The maximum atomic E-state index is 11.4. The molecule has 0 atom stereocenters. The van der Waals surface area contributed by atoms with Gasteiger partial charge >= 0.3 is 5.97 Å². The molecule has 5 N–H and O–H groups in total. The van der Waals surface area contributed by atoms with Crippen LogP contribution < -0.4 is 16.8 Å². The minimum absolute atomic E-state index is 0.0328. The SMILES string of the molecule is CNc1cc(N)c(CC(=O)OCOC)c(N)c1. The summed E-state index contributed by atoms with van der Waals surface area (Å²) < 4.78 is 9.41. The lowest BCUT2D eigenvalue weighted by molar-refractivity contribution is -0.153. The number of benzene rings is 1. The zero-order chi connectivity index (χ0) is 12.8. The van der Waals surface area contributed by atoms with E-state index in [0.717, 1.165) is 5.69 Å². The fraction of sp³-hybridized carbons (Fsp3) is 0.364. The summed E-state index contributed by atoms with van der Waals surface area (Å²) in [7, 11) is 3.21. The van der Waals surface area contributed by atoms with Crippen molar-refractivity contribution in [2.45, 2.75) is 6.42 Å². The van der Waals surface area contributed by atoms with Gasteiger partial charge in [-0.15, -0.1) is 0 Å². The van der Waals surface area contributed by atoms with E-state index in [-0.39, 0.29) is 13.2 Å². The van der Waals surface area contributed by atoms with Crippen LogP contribution in [0.4, 0.5) is 17.1 Å². The molecule has 1 aromatic carbocycles. The van der Waals surface area contributed by atoms with E-state index in [0.29, 0.717) is 16.9 Å². The molecule has 1 rings (SSSR count). The topological polar surface area (TPSA) is 99.6 Å². The molecule has 0 aromatic heterocycles. The van der Waals surface area contributed by atoms with E-state index < -0.39 is 5.97 Å². The summed E-state index contributed by atoms with van der Waals surface area (Å²) in [5.74, 6) is -0.428. The third-order valence-corrected chi connectivity index (χ3v) is 2.27. The van der Waals surface area contributed by atoms with Crippen molar-refractivity contribution in [1.29, 1.82) is 0 Å². The Bertz CT molecular complexity index is 384. The highest BCUT2D eigenvalue weighted by Crippen LogP contribution is 2.25. The van der Waals surface area contributed by atoms with Crippen molar-refractivity contribution in [2.75, 3.05) is 37.7 Å². The van der Waals surface area contributed by atoms with Crippen LogP contribution in [-0.4, -0.2) is 26.9 Å². The van der Waals surface area contributed by atoms with Gasteiger partial charge in [-0.1, -0.05) is 0 Å². The van der Waals surface area contributed by atoms with Crippen LogP contribution in [0.2, 0.25) is 0 Å². The summed E-state index contributed by atoms with van der Waals surface area (Å²) in [5.41, 5.74) is 13.9. The van der Waals surface area contributed by atoms with E-state index in [1.807, 2.05) is 0 Å². The van der Waals surface area contributed by atoms with E-state index in [1.54, 1.807) is 19.2 Å². The lowest BCUT2D eigenvalue weighted by Crippen LogP contribution is -2.13. The smallest absolute Gasteiger partial charge is 0.312 e. The molecule has 0 aliphatic rings. The van der Waals surface area contributed by atoms with Gasteiger partial charge in [0, 0.05) is 36.8 Å². The molecule has 0 unspecified atom stereocenters. The quantitative estimate of drug-likeness (QED) is 0.395. The number of carbonyl (C=O) groups excluding carboxylic acids is 1. The van der Waals surface area contributed by atoms with Crippen LogP contribution >= 0.6 is 0 Å². The van der Waals surface area contributed by atoms with Gasteiger partial charge in [-0.05, 0) is 12.1 Å². The standard InChI is InChI=1S/C11H17N3O3/c1-14-7-3-9(12)8(10(13)4-7)5-11(15)17-6-16-2/h3-4,14H,5-6,12-13H2,1-2H3. The summed E-state index contributed by atoms with van der Waals surface area (Å²) in [4.78, 5) is 11.4. The van der Waals surface area contributed by atoms with E-state index in [1.165, 1.54) is 7.11 Å². The highest BCUT2D eigenvalue weighted by Gasteiger charge is 2.12. The Labute approximate surface area is 99.9 Å². The first-order chi connectivity index (χ1) is 8.08. The number of hydrogen-bond donors (Lipinski definition) is 3. The van der Waals surface area contributed by atoms with Crippen LogP contribution in [0.1, 0.15) is 5.56 Å². The van der Waals surface area contributed by atoms with Gasteiger partial charge in [0.15, 0.2) is 6.79 Å². The van der Waals surface area contributed by atoms with Crippen molar-refractivity contribution in [3.05, 3.63) is 17.7 Å². The first-order valence-corrected chi connectivity index (χ1v) is 5.08. The number of esters is 1. The third-order valence-electron chi connectivity index (χ3n) is 2.27. The molecule has 0 heterocycles. The first-order valence-electron chi connectivity index (χ1n) is 5.08. The third kappa shape index (κ3) is 3.53. The molecule has 0 spiro atoms. The van der Waals surface area contributed by atoms with E-state index in [9.17, 15) is 4.79 Å². The molecule has 0 radical (unpaired) electrons. The Morgan fingerprint density at radius 3 is 2.41 bits per heavy atom. The largest absolute Gasteiger partial charge is 0.438 e. The van der Waals surface area contributed by atoms with E-state index >= 15 is 0 Å². The summed E-state index contributed by atoms with van der Waals surface area (Å²) in [6.07, 6.45) is 0.0328. The monoisotopic (exact) mass is 239 g/mol. The molecule has 0 bridgehead atoms. The number of nitrogens with one attached hydrogen (secondary N) is 1. The summed E-state index contributed by atoms with van der Waals surface area (Å²) in [5, 5.41) is 2.93. The lowest BCUT2D eigenvalue weighted by Gasteiger charge is -2.11. The number of rotatable bonds is 5. The molecular formula is C11H17N3O3. The van der Waals surface area contributed by atoms with Gasteiger partial charge in [0.25, 0.3) is 0 Å². The van der Waals surface area contributed by atoms with Crippen LogP contribution in [0.15, 0.2) is 12.1 Å². The van der Waals surface area contributed by atoms with Crippen molar-refractivity contribution in [1.82, 2.24) is 0 Å². The summed E-state index contributed by atoms with van der Waals surface area (Å²) in [6.45, 7) is -0.0761. The number of ether oxygens (including phenoxy) is 2. The van der Waals surface area contributed by atoms with Crippen molar-refractivity contribution in [3.63, 3.8) is 0 Å². The van der Waals surface area contributed by atoms with Gasteiger partial charge in [0.1, 0.15) is 0 Å². The molecule has 6 heteroatoms. The minimum Gasteiger partial charge on any atom is -0.438 e. The second-order valence-electron chi connectivity index (χ2n) is 3.48. The Morgan fingerprint density at radius 2 is 1.94 bits per heavy atom. The maximum absolute atomic E-state index is 11.4. The fourth-order valence-electron chi connectivity index (χ4n) is 1.39. The first kappa shape index (κ1) is 13.1. The highest BCUT2D eigenvalue weighted by atomic mass is 16.7.